The van der Waals surface area contributed by atoms with Crippen molar-refractivity contribution in [1.82, 2.24) is 0 Å². The number of aliphatic carboxylic acids is 1. The number of hydrogen-bond donors (Lipinski definition) is 1. The maximum absolute atomic E-state index is 14.3. The van der Waals surface area contributed by atoms with Crippen LogP contribution in [-0.2, 0) is 16.0 Å². The van der Waals surface area contributed by atoms with Gasteiger partial charge in [0.05, 0.1) is 13.2 Å². The summed E-state index contributed by atoms with van der Waals surface area (Å²) in [6.45, 7) is 4.93. The van der Waals surface area contributed by atoms with Gasteiger partial charge in [-0.1, -0.05) is 6.07 Å². The van der Waals surface area contributed by atoms with Crippen LogP contribution in [0.1, 0.15) is 35.1 Å². The fraction of sp³-hybridized carbons (Fsp3) is 0.348. The molecule has 4 nitrogen and oxygen atoms in total. The molecule has 0 saturated heterocycles. The predicted molar refractivity (Wildman–Crippen MR) is 106 cm³/mol. The minimum atomic E-state index is -0.827. The van der Waals surface area contributed by atoms with Crippen molar-refractivity contribution in [2.75, 3.05) is 19.8 Å². The highest BCUT2D eigenvalue weighted by atomic mass is 19.1. The molecule has 0 saturated carbocycles. The first kappa shape index (κ1) is 21.0. The van der Waals surface area contributed by atoms with E-state index in [1.54, 1.807) is 0 Å². The Morgan fingerprint density at radius 2 is 1.97 bits per heavy atom. The average Bonchev–Trinajstić information content (AvgIpc) is 2.69. The van der Waals surface area contributed by atoms with Gasteiger partial charge in [-0.2, -0.15) is 0 Å². The van der Waals surface area contributed by atoms with E-state index in [0.717, 1.165) is 33.9 Å². The Bertz CT molecular complexity index is 950. The lowest BCUT2D eigenvalue weighted by Crippen LogP contribution is -2.17. The van der Waals surface area contributed by atoms with Crippen LogP contribution in [0.5, 0.6) is 5.75 Å². The highest BCUT2D eigenvalue weighted by Gasteiger charge is 2.19. The van der Waals surface area contributed by atoms with E-state index in [4.69, 9.17) is 14.6 Å². The molecule has 3 rings (SSSR count). The predicted octanol–water partition coefficient (Wildman–Crippen LogP) is 4.85. The van der Waals surface area contributed by atoms with Crippen molar-refractivity contribution in [3.63, 3.8) is 0 Å². The maximum atomic E-state index is 14.3. The molecule has 154 valence electrons. The van der Waals surface area contributed by atoms with Crippen LogP contribution >= 0.6 is 0 Å². The van der Waals surface area contributed by atoms with Gasteiger partial charge in [-0.25, -0.2) is 8.78 Å². The van der Waals surface area contributed by atoms with Gasteiger partial charge in [-0.05, 0) is 72.7 Å². The third-order valence-corrected chi connectivity index (χ3v) is 5.32. The Labute approximate surface area is 168 Å². The van der Waals surface area contributed by atoms with Gasteiger partial charge in [0.25, 0.3) is 0 Å². The lowest BCUT2D eigenvalue weighted by atomic mass is 9.95. The number of carboxylic acid groups (broad SMARTS) is 1. The Hall–Kier alpha value is -2.73. The second-order valence-corrected chi connectivity index (χ2v) is 7.16. The summed E-state index contributed by atoms with van der Waals surface area (Å²) in [6, 6.07) is 7.31. The molecule has 2 aromatic carbocycles. The van der Waals surface area contributed by atoms with Crippen molar-refractivity contribution in [3.05, 3.63) is 69.8 Å². The van der Waals surface area contributed by atoms with E-state index in [2.05, 4.69) is 0 Å². The number of hydrogen-bond acceptors (Lipinski definition) is 3. The molecule has 0 fully saturated rings. The van der Waals surface area contributed by atoms with Crippen LogP contribution in [0.4, 0.5) is 8.78 Å². The Kier molecular flexibility index (Phi) is 6.64. The van der Waals surface area contributed by atoms with E-state index in [1.807, 2.05) is 26.0 Å². The molecule has 0 bridgehead atoms. The quantitative estimate of drug-likeness (QED) is 0.719. The highest BCUT2D eigenvalue weighted by molar-refractivity contribution is 5.70. The SMILES string of the molecule is Cc1c(CCC(=O)O)ccc(OCC2=C(c3ccc(F)cc3F)CCOC2)c1C. The lowest BCUT2D eigenvalue weighted by molar-refractivity contribution is -0.136. The summed E-state index contributed by atoms with van der Waals surface area (Å²) in [5, 5.41) is 8.88. The Balaban J connectivity index is 1.80. The zero-order chi connectivity index (χ0) is 21.0. The molecule has 0 atom stereocenters. The molecule has 1 heterocycles. The molecule has 1 aliphatic heterocycles. The van der Waals surface area contributed by atoms with Crippen LogP contribution in [0, 0.1) is 25.5 Å². The van der Waals surface area contributed by atoms with Gasteiger partial charge in [0.2, 0.25) is 0 Å². The van der Waals surface area contributed by atoms with Gasteiger partial charge in [0.15, 0.2) is 0 Å². The van der Waals surface area contributed by atoms with Crippen LogP contribution in [0.25, 0.3) is 5.57 Å². The number of carboxylic acids is 1. The molecule has 6 heteroatoms. The third kappa shape index (κ3) is 5.01. The van der Waals surface area contributed by atoms with Crippen LogP contribution in [-0.4, -0.2) is 30.9 Å². The topological polar surface area (TPSA) is 55.8 Å². The van der Waals surface area contributed by atoms with Gasteiger partial charge in [0.1, 0.15) is 24.0 Å². The summed E-state index contributed by atoms with van der Waals surface area (Å²) in [5.41, 5.74) is 4.92. The van der Waals surface area contributed by atoms with Gasteiger partial charge in [0, 0.05) is 18.1 Å². The first-order valence-electron chi connectivity index (χ1n) is 9.54. The van der Waals surface area contributed by atoms with Crippen molar-refractivity contribution in [3.8, 4) is 5.75 Å². The smallest absolute Gasteiger partial charge is 0.303 e. The number of aryl methyl sites for hydroxylation is 1. The Morgan fingerprint density at radius 1 is 1.17 bits per heavy atom. The maximum Gasteiger partial charge on any atom is 0.303 e. The van der Waals surface area contributed by atoms with Crippen LogP contribution in [0.3, 0.4) is 0 Å². The zero-order valence-corrected chi connectivity index (χ0v) is 16.6. The average molecular weight is 402 g/mol. The molecule has 1 aliphatic rings. The standard InChI is InChI=1S/C23H24F2O4/c1-14-15(2)22(7-3-16(14)4-8-23(26)27)29-13-17-12-28-10-9-19(17)20-6-5-18(24)11-21(20)25/h3,5-7,11H,4,8-10,12-13H2,1-2H3,(H,26,27). The van der Waals surface area contributed by atoms with E-state index >= 15 is 0 Å². The minimum absolute atomic E-state index is 0.0807. The molecule has 0 aliphatic carbocycles. The first-order chi connectivity index (χ1) is 13.9. The third-order valence-electron chi connectivity index (χ3n) is 5.32. The number of ether oxygens (including phenoxy) is 2. The van der Waals surface area contributed by atoms with Crippen LogP contribution in [0.2, 0.25) is 0 Å². The highest BCUT2D eigenvalue weighted by Crippen LogP contribution is 2.30. The monoisotopic (exact) mass is 402 g/mol. The summed E-state index contributed by atoms with van der Waals surface area (Å²) in [5.74, 6) is -1.33. The molecule has 2 aromatic rings. The fourth-order valence-corrected chi connectivity index (χ4v) is 3.51. The van der Waals surface area contributed by atoms with Crippen molar-refractivity contribution >= 4 is 11.5 Å². The van der Waals surface area contributed by atoms with Crippen molar-refractivity contribution in [2.24, 2.45) is 0 Å². The molecular weight excluding hydrogens is 378 g/mol. The van der Waals surface area contributed by atoms with Gasteiger partial charge in [-0.3, -0.25) is 4.79 Å². The van der Waals surface area contributed by atoms with E-state index in [-0.39, 0.29) is 13.0 Å². The minimum Gasteiger partial charge on any atom is -0.489 e. The van der Waals surface area contributed by atoms with Crippen molar-refractivity contribution in [2.45, 2.75) is 33.1 Å². The van der Waals surface area contributed by atoms with E-state index in [9.17, 15) is 13.6 Å². The number of rotatable bonds is 7. The number of carbonyl (C=O) groups is 1. The normalized spacial score (nSPS) is 14.2. The lowest BCUT2D eigenvalue weighted by Gasteiger charge is -2.23. The second-order valence-electron chi connectivity index (χ2n) is 7.16. The van der Waals surface area contributed by atoms with E-state index < -0.39 is 17.6 Å². The molecule has 29 heavy (non-hydrogen) atoms. The molecule has 1 N–H and O–H groups in total. The molecule has 0 radical (unpaired) electrons. The number of benzene rings is 2. The first-order valence-corrected chi connectivity index (χ1v) is 9.54. The summed E-state index contributed by atoms with van der Waals surface area (Å²) in [6.07, 6.45) is 1.08. The summed E-state index contributed by atoms with van der Waals surface area (Å²) in [7, 11) is 0. The van der Waals surface area contributed by atoms with Gasteiger partial charge < -0.3 is 14.6 Å². The molecule has 0 unspecified atom stereocenters. The summed E-state index contributed by atoms with van der Waals surface area (Å²) >= 11 is 0. The largest absolute Gasteiger partial charge is 0.489 e. The van der Waals surface area contributed by atoms with E-state index in [0.29, 0.717) is 37.4 Å². The Morgan fingerprint density at radius 3 is 2.69 bits per heavy atom. The number of halogens is 2. The van der Waals surface area contributed by atoms with Crippen LogP contribution in [0.15, 0.2) is 35.9 Å². The molecule has 0 amide bonds. The molecule has 0 aromatic heterocycles. The summed E-state index contributed by atoms with van der Waals surface area (Å²) in [4.78, 5) is 10.8. The molecule has 0 spiro atoms. The molecular formula is C23H24F2O4. The van der Waals surface area contributed by atoms with Crippen molar-refractivity contribution < 1.29 is 28.2 Å². The van der Waals surface area contributed by atoms with Gasteiger partial charge in [-0.15, -0.1) is 0 Å². The van der Waals surface area contributed by atoms with E-state index in [1.165, 1.54) is 12.1 Å². The van der Waals surface area contributed by atoms with Crippen LogP contribution < -0.4 is 4.74 Å². The van der Waals surface area contributed by atoms with Crippen molar-refractivity contribution in [1.29, 1.82) is 0 Å². The zero-order valence-electron chi connectivity index (χ0n) is 16.6. The second kappa shape index (κ2) is 9.18. The summed E-state index contributed by atoms with van der Waals surface area (Å²) < 4.78 is 39.0. The van der Waals surface area contributed by atoms with Gasteiger partial charge >= 0.3 is 5.97 Å². The fourth-order valence-electron chi connectivity index (χ4n) is 3.51.